The number of hydrogen-bond donors (Lipinski definition) is 12. The summed E-state index contributed by atoms with van der Waals surface area (Å²) in [6.45, 7) is 1.70. The molecule has 3 aliphatic rings. The zero-order valence-electron chi connectivity index (χ0n) is 71.2. The first-order valence-electron chi connectivity index (χ1n) is 45.6. The molecule has 19 nitrogen and oxygen atoms in total. The number of carbonyl (C=O) groups is 1. The summed E-state index contributed by atoms with van der Waals surface area (Å²) in [4.78, 5) is 13.5. The molecule has 0 spiro atoms. The second-order valence-electron chi connectivity index (χ2n) is 31.7. The topological polar surface area (TPSA) is 307 Å². The number of amides is 1. The van der Waals surface area contributed by atoms with Gasteiger partial charge in [-0.05, 0) is 103 Å². The second-order valence-corrected chi connectivity index (χ2v) is 31.7. The maximum absolute atomic E-state index is 13.5. The monoisotopic (exact) mass is 1620 g/mol. The van der Waals surface area contributed by atoms with Gasteiger partial charge in [-0.2, -0.15) is 0 Å². The third-order valence-corrected chi connectivity index (χ3v) is 21.7. The van der Waals surface area contributed by atoms with Crippen molar-refractivity contribution in [3.05, 3.63) is 146 Å². The minimum Gasteiger partial charge on any atom is -0.394 e. The number of aliphatic hydroxyl groups is 11. The molecule has 0 bridgehead atoms. The molecule has 0 saturated carbocycles. The van der Waals surface area contributed by atoms with Crippen LogP contribution in [0.4, 0.5) is 0 Å². The average Bonchev–Trinajstić information content (AvgIpc) is 0.778. The van der Waals surface area contributed by atoms with Crippen LogP contribution in [0.5, 0.6) is 0 Å². The summed E-state index contributed by atoms with van der Waals surface area (Å²) in [5, 5.41) is 121. The lowest BCUT2D eigenvalue weighted by molar-refractivity contribution is -0.379. The van der Waals surface area contributed by atoms with E-state index < -0.39 is 124 Å². The lowest BCUT2D eigenvalue weighted by Crippen LogP contribution is -2.66. The maximum atomic E-state index is 13.5. The molecule has 3 fully saturated rings. The zero-order chi connectivity index (χ0) is 83.1. The van der Waals surface area contributed by atoms with Crippen LogP contribution < -0.4 is 5.32 Å². The van der Waals surface area contributed by atoms with Crippen LogP contribution in [0.2, 0.25) is 0 Å². The Labute approximate surface area is 695 Å². The quantitative estimate of drug-likeness (QED) is 0.0199. The van der Waals surface area contributed by atoms with E-state index in [2.05, 4.69) is 165 Å². The fourth-order valence-corrected chi connectivity index (χ4v) is 14.5. The van der Waals surface area contributed by atoms with Crippen molar-refractivity contribution in [2.45, 2.75) is 426 Å². The van der Waals surface area contributed by atoms with Crippen molar-refractivity contribution in [2.24, 2.45) is 0 Å². The van der Waals surface area contributed by atoms with Crippen molar-refractivity contribution in [1.82, 2.24) is 5.32 Å². The molecule has 17 atom stereocenters. The van der Waals surface area contributed by atoms with Crippen LogP contribution >= 0.6 is 0 Å². The molecule has 17 unspecified atom stereocenters. The molecule has 0 aromatic carbocycles. The van der Waals surface area contributed by atoms with E-state index in [0.717, 1.165) is 122 Å². The van der Waals surface area contributed by atoms with E-state index in [-0.39, 0.29) is 18.9 Å². The molecule has 0 radical (unpaired) electrons. The maximum Gasteiger partial charge on any atom is 0.220 e. The summed E-state index contributed by atoms with van der Waals surface area (Å²) >= 11 is 0. The van der Waals surface area contributed by atoms with Crippen molar-refractivity contribution < 1.29 is 89.4 Å². The first-order valence-corrected chi connectivity index (χ1v) is 45.6. The van der Waals surface area contributed by atoms with Gasteiger partial charge in [-0.15, -0.1) is 0 Å². The van der Waals surface area contributed by atoms with Gasteiger partial charge in [-0.25, -0.2) is 0 Å². The number of unbranched alkanes of at least 4 members (excludes halogenated alkanes) is 32. The summed E-state index contributed by atoms with van der Waals surface area (Å²) in [6.07, 6.45) is 80.9. The lowest BCUT2D eigenvalue weighted by atomic mass is 9.96. The van der Waals surface area contributed by atoms with Gasteiger partial charge in [-0.1, -0.05) is 359 Å². The van der Waals surface area contributed by atoms with Gasteiger partial charge < -0.3 is 89.9 Å². The number of rotatable bonds is 72. The molecule has 660 valence electrons. The van der Waals surface area contributed by atoms with Crippen LogP contribution in [-0.4, -0.2) is 193 Å². The first-order chi connectivity index (χ1) is 56.3. The van der Waals surface area contributed by atoms with Gasteiger partial charge in [-0.3, -0.25) is 4.79 Å². The van der Waals surface area contributed by atoms with E-state index in [1.807, 2.05) is 0 Å². The van der Waals surface area contributed by atoms with Crippen LogP contribution in [0.3, 0.4) is 0 Å². The Balaban J connectivity index is 1.34. The van der Waals surface area contributed by atoms with E-state index >= 15 is 0 Å². The molecule has 3 saturated heterocycles. The summed E-state index contributed by atoms with van der Waals surface area (Å²) in [5.41, 5.74) is 0. The number of hydrogen-bond acceptors (Lipinski definition) is 18. The standard InChI is InChI=1S/C96H163NO18/c1-3-5-7-9-11-13-15-17-19-21-23-25-27-29-31-33-34-35-36-37-38-39-40-41-42-43-44-46-48-50-52-54-56-58-60-62-64-66-68-70-72-74-84(102)97-79(80(101)73-71-69-67-65-63-61-59-57-55-53-51-49-47-45-32-30-28-26-24-22-20-18-16-14-12-10-8-6-4-2)78-110-94-90(108)87(105)92(82(76-99)112-94)115-96-91(109)88(106)93(83(77-100)113-96)114-95-89(107)86(104)85(103)81(75-98)111-95/h5,7,11,13,17,19,23,25,29,31,34-35,37-38,40-41,43-44,48,50,54,56,60,62,79-83,85-96,98-101,103-109H,3-4,6,8-10,12,14-16,18,20-22,24,26-28,30,32-33,36,39,42,45-47,49,51-53,55,57-59,61,63-78H2,1-2H3,(H,97,102)/b7-5-,13-11-,19-17-,25-23-,31-29-,35-34-,38-37-,41-40-,44-43-,50-48-,56-54-,62-60-. The smallest absolute Gasteiger partial charge is 0.220 e. The molecule has 12 N–H and O–H groups in total. The molecule has 0 aliphatic carbocycles. The molecule has 1 amide bonds. The molecule has 3 rings (SSSR count). The minimum absolute atomic E-state index is 0.228. The van der Waals surface area contributed by atoms with E-state index in [9.17, 15) is 61.0 Å². The molecule has 3 heterocycles. The number of nitrogens with one attached hydrogen (secondary N) is 1. The summed E-state index contributed by atoms with van der Waals surface area (Å²) in [6, 6.07) is -0.914. The van der Waals surface area contributed by atoms with E-state index in [4.69, 9.17) is 28.4 Å². The van der Waals surface area contributed by atoms with Crippen molar-refractivity contribution in [3.63, 3.8) is 0 Å². The van der Waals surface area contributed by atoms with Crippen molar-refractivity contribution in [3.8, 4) is 0 Å². The van der Waals surface area contributed by atoms with Crippen LogP contribution in [0.25, 0.3) is 0 Å². The molecule has 19 heteroatoms. The first kappa shape index (κ1) is 105. The predicted molar refractivity (Wildman–Crippen MR) is 466 cm³/mol. The summed E-state index contributed by atoms with van der Waals surface area (Å²) in [5.74, 6) is -0.269. The van der Waals surface area contributed by atoms with Gasteiger partial charge >= 0.3 is 0 Å². The van der Waals surface area contributed by atoms with Crippen LogP contribution in [0.15, 0.2) is 146 Å². The van der Waals surface area contributed by atoms with Crippen molar-refractivity contribution in [2.75, 3.05) is 26.4 Å². The van der Waals surface area contributed by atoms with E-state index in [1.165, 1.54) is 161 Å². The van der Waals surface area contributed by atoms with Crippen LogP contribution in [0, 0.1) is 0 Å². The highest BCUT2D eigenvalue weighted by Crippen LogP contribution is 2.33. The average molecular weight is 1620 g/mol. The fourth-order valence-electron chi connectivity index (χ4n) is 14.5. The Morgan fingerprint density at radius 1 is 0.322 bits per heavy atom. The Morgan fingerprint density at radius 3 is 0.939 bits per heavy atom. The van der Waals surface area contributed by atoms with Crippen LogP contribution in [0.1, 0.15) is 322 Å². The van der Waals surface area contributed by atoms with E-state index in [0.29, 0.717) is 19.3 Å². The van der Waals surface area contributed by atoms with Crippen molar-refractivity contribution >= 4 is 5.91 Å². The Hall–Kier alpha value is -4.33. The fraction of sp³-hybridized carbons (Fsp3) is 0.740. The highest BCUT2D eigenvalue weighted by Gasteiger charge is 2.54. The SMILES string of the molecule is CC/C=C\C/C=C\C/C=C\C/C=C\C/C=C\C/C=C\C/C=C\C/C=C\C/C=C\C/C=C\C/C=C\C/C=C\CCCCCCC(=O)NC(COC1OC(CO)C(OC2OC(CO)C(OC3OC(CO)C(O)C(O)C3O)C(O)C2O)C(O)C1O)C(O)CCCCCCCCCCCCCCCCCCCCCCCCCCCCCCC. The third-order valence-electron chi connectivity index (χ3n) is 21.7. The number of allylic oxidation sites excluding steroid dienone is 24. The summed E-state index contributed by atoms with van der Waals surface area (Å²) < 4.78 is 34.6. The van der Waals surface area contributed by atoms with Crippen LogP contribution in [-0.2, 0) is 33.2 Å². The Bertz CT molecular complexity index is 2650. The largest absolute Gasteiger partial charge is 0.394 e. The van der Waals surface area contributed by atoms with Gasteiger partial charge in [0, 0.05) is 6.42 Å². The van der Waals surface area contributed by atoms with Gasteiger partial charge in [0.25, 0.3) is 0 Å². The van der Waals surface area contributed by atoms with Gasteiger partial charge in [0.05, 0.1) is 38.6 Å². The molecule has 0 aromatic heterocycles. The zero-order valence-corrected chi connectivity index (χ0v) is 71.2. The second kappa shape index (κ2) is 73.6. The third kappa shape index (κ3) is 51.8. The summed E-state index contributed by atoms with van der Waals surface area (Å²) in [7, 11) is 0. The highest BCUT2D eigenvalue weighted by atomic mass is 16.8. The molecule has 0 aromatic rings. The highest BCUT2D eigenvalue weighted by molar-refractivity contribution is 5.76. The molecule has 115 heavy (non-hydrogen) atoms. The Morgan fingerprint density at radius 2 is 0.600 bits per heavy atom. The Kier molecular flexibility index (Phi) is 67.1. The number of aliphatic hydroxyl groups excluding tert-OH is 11. The minimum atomic E-state index is -1.98. The normalized spacial score (nSPS) is 25.3. The van der Waals surface area contributed by atoms with Gasteiger partial charge in [0.1, 0.15) is 73.2 Å². The lowest BCUT2D eigenvalue weighted by Gasteiger charge is -2.48. The number of ether oxygens (including phenoxy) is 6. The molecule has 3 aliphatic heterocycles. The van der Waals surface area contributed by atoms with Crippen molar-refractivity contribution in [1.29, 1.82) is 0 Å². The molecular formula is C96H163NO18. The van der Waals surface area contributed by atoms with E-state index in [1.54, 1.807) is 0 Å². The molecular weight excluding hydrogens is 1460 g/mol. The van der Waals surface area contributed by atoms with Gasteiger partial charge in [0.15, 0.2) is 18.9 Å². The number of carbonyl (C=O) groups excluding carboxylic acids is 1. The predicted octanol–water partition coefficient (Wildman–Crippen LogP) is 17.7. The van der Waals surface area contributed by atoms with Gasteiger partial charge in [0.2, 0.25) is 5.91 Å².